The Labute approximate surface area is 122 Å². The van der Waals surface area contributed by atoms with E-state index >= 15 is 0 Å². The van der Waals surface area contributed by atoms with E-state index in [1.807, 2.05) is 18.7 Å². The van der Waals surface area contributed by atoms with Crippen LogP contribution in [0, 0.1) is 6.92 Å². The third-order valence-electron chi connectivity index (χ3n) is 3.65. The van der Waals surface area contributed by atoms with Crippen molar-refractivity contribution >= 4 is 11.6 Å². The number of hydrogen-bond donors (Lipinski definition) is 1. The molecule has 0 aromatic carbocycles. The van der Waals surface area contributed by atoms with Crippen molar-refractivity contribution in [2.24, 2.45) is 12.8 Å². The first-order chi connectivity index (χ1) is 9.06. The lowest BCUT2D eigenvalue weighted by atomic mass is 10.0. The zero-order valence-corrected chi connectivity index (χ0v) is 13.3. The first-order valence-electron chi connectivity index (χ1n) is 7.49. The Morgan fingerprint density at radius 1 is 1.21 bits per heavy atom. The van der Waals surface area contributed by atoms with E-state index < -0.39 is 0 Å². The average Bonchev–Trinajstić information content (AvgIpc) is 2.60. The Kier molecular flexibility index (Phi) is 7.47. The second kappa shape index (κ2) is 8.60. The third kappa shape index (κ3) is 5.53. The molecular formula is C15H28ClN3. The number of nitrogens with two attached hydrogens (primary N) is 1. The van der Waals surface area contributed by atoms with Gasteiger partial charge in [0.05, 0.1) is 16.4 Å². The lowest BCUT2D eigenvalue weighted by molar-refractivity contribution is 0.521. The SMILES string of the molecule is CCCCCCCCC(N)Cc1c(Cl)c(C)nn1C. The van der Waals surface area contributed by atoms with Crippen LogP contribution >= 0.6 is 11.6 Å². The minimum Gasteiger partial charge on any atom is -0.327 e. The van der Waals surface area contributed by atoms with Gasteiger partial charge >= 0.3 is 0 Å². The van der Waals surface area contributed by atoms with E-state index in [4.69, 9.17) is 17.3 Å². The lowest BCUT2D eigenvalue weighted by Gasteiger charge is -2.12. The lowest BCUT2D eigenvalue weighted by Crippen LogP contribution is -2.24. The molecule has 1 aromatic heterocycles. The summed E-state index contributed by atoms with van der Waals surface area (Å²) in [7, 11) is 1.94. The van der Waals surface area contributed by atoms with Gasteiger partial charge in [0.15, 0.2) is 0 Å². The molecule has 1 rings (SSSR count). The molecule has 0 amide bonds. The van der Waals surface area contributed by atoms with E-state index in [9.17, 15) is 0 Å². The molecule has 0 fully saturated rings. The number of rotatable bonds is 9. The minimum absolute atomic E-state index is 0.193. The predicted molar refractivity (Wildman–Crippen MR) is 82.6 cm³/mol. The molecule has 0 aliphatic rings. The van der Waals surface area contributed by atoms with Crippen LogP contribution in [0.3, 0.4) is 0 Å². The molecule has 0 aliphatic carbocycles. The summed E-state index contributed by atoms with van der Waals surface area (Å²) in [5, 5.41) is 5.10. The van der Waals surface area contributed by atoms with Gasteiger partial charge in [-0.25, -0.2) is 0 Å². The molecule has 1 unspecified atom stereocenters. The van der Waals surface area contributed by atoms with Gasteiger partial charge in [0.25, 0.3) is 0 Å². The van der Waals surface area contributed by atoms with Crippen LogP contribution in [0.25, 0.3) is 0 Å². The van der Waals surface area contributed by atoms with E-state index in [0.29, 0.717) is 0 Å². The molecular weight excluding hydrogens is 258 g/mol. The Bertz CT molecular complexity index is 374. The largest absolute Gasteiger partial charge is 0.327 e. The molecule has 1 atom stereocenters. The highest BCUT2D eigenvalue weighted by Gasteiger charge is 2.14. The van der Waals surface area contributed by atoms with Crippen molar-refractivity contribution in [3.8, 4) is 0 Å². The van der Waals surface area contributed by atoms with E-state index in [1.165, 1.54) is 38.5 Å². The summed E-state index contributed by atoms with van der Waals surface area (Å²) in [6.07, 6.45) is 9.78. The number of nitrogens with zero attached hydrogens (tertiary/aromatic N) is 2. The highest BCUT2D eigenvalue weighted by molar-refractivity contribution is 6.31. The van der Waals surface area contributed by atoms with Gasteiger partial charge in [-0.15, -0.1) is 0 Å². The van der Waals surface area contributed by atoms with E-state index in [2.05, 4.69) is 12.0 Å². The molecule has 0 saturated heterocycles. The minimum atomic E-state index is 0.193. The maximum atomic E-state index is 6.24. The molecule has 1 aromatic rings. The Morgan fingerprint density at radius 2 is 1.84 bits per heavy atom. The molecule has 0 spiro atoms. The first kappa shape index (κ1) is 16.5. The normalized spacial score (nSPS) is 12.9. The quantitative estimate of drug-likeness (QED) is 0.697. The van der Waals surface area contributed by atoms with Crippen LogP contribution < -0.4 is 5.73 Å². The van der Waals surface area contributed by atoms with Gasteiger partial charge in [-0.3, -0.25) is 4.68 Å². The van der Waals surface area contributed by atoms with Crippen LogP contribution in [0.2, 0.25) is 5.02 Å². The molecule has 2 N–H and O–H groups in total. The van der Waals surface area contributed by atoms with Crippen LogP contribution in [-0.2, 0) is 13.5 Å². The summed E-state index contributed by atoms with van der Waals surface area (Å²) in [4.78, 5) is 0. The number of aryl methyl sites for hydroxylation is 2. The molecule has 0 radical (unpaired) electrons. The number of aromatic nitrogens is 2. The zero-order valence-electron chi connectivity index (χ0n) is 12.6. The summed E-state index contributed by atoms with van der Waals surface area (Å²) in [6.45, 7) is 4.18. The highest BCUT2D eigenvalue weighted by Crippen LogP contribution is 2.21. The van der Waals surface area contributed by atoms with Gasteiger partial charge in [0.1, 0.15) is 0 Å². The van der Waals surface area contributed by atoms with Crippen LogP contribution in [0.15, 0.2) is 0 Å². The molecule has 3 nitrogen and oxygen atoms in total. The molecule has 0 saturated carbocycles. The maximum Gasteiger partial charge on any atom is 0.0847 e. The first-order valence-corrected chi connectivity index (χ1v) is 7.87. The van der Waals surface area contributed by atoms with Gasteiger partial charge in [-0.1, -0.05) is 57.0 Å². The monoisotopic (exact) mass is 285 g/mol. The fraction of sp³-hybridized carbons (Fsp3) is 0.800. The van der Waals surface area contributed by atoms with Gasteiger partial charge < -0.3 is 5.73 Å². The van der Waals surface area contributed by atoms with Crippen molar-refractivity contribution in [2.75, 3.05) is 0 Å². The molecule has 0 aliphatic heterocycles. The smallest absolute Gasteiger partial charge is 0.0847 e. The molecule has 4 heteroatoms. The van der Waals surface area contributed by atoms with Crippen molar-refractivity contribution in [3.05, 3.63) is 16.4 Å². The van der Waals surface area contributed by atoms with Gasteiger partial charge in [0.2, 0.25) is 0 Å². The third-order valence-corrected chi connectivity index (χ3v) is 4.14. The standard InChI is InChI=1S/C15H28ClN3/c1-4-5-6-7-8-9-10-13(17)11-14-15(16)12(2)18-19(14)3/h13H,4-11,17H2,1-3H3. The number of unbranched alkanes of at least 4 members (excludes halogenated alkanes) is 5. The Balaban J connectivity index is 2.25. The van der Waals surface area contributed by atoms with E-state index in [1.54, 1.807) is 0 Å². The predicted octanol–water partition coefficient (Wildman–Crippen LogP) is 4.00. The summed E-state index contributed by atoms with van der Waals surface area (Å²) in [6, 6.07) is 0.193. The van der Waals surface area contributed by atoms with Crippen LogP contribution in [0.5, 0.6) is 0 Å². The second-order valence-corrected chi connectivity index (χ2v) is 5.87. The summed E-state index contributed by atoms with van der Waals surface area (Å²) < 4.78 is 1.86. The second-order valence-electron chi connectivity index (χ2n) is 5.49. The fourth-order valence-electron chi connectivity index (χ4n) is 2.44. The summed E-state index contributed by atoms with van der Waals surface area (Å²) >= 11 is 6.24. The van der Waals surface area contributed by atoms with Crippen molar-refractivity contribution in [1.29, 1.82) is 0 Å². The average molecular weight is 286 g/mol. The zero-order chi connectivity index (χ0) is 14.3. The highest BCUT2D eigenvalue weighted by atomic mass is 35.5. The summed E-state index contributed by atoms with van der Waals surface area (Å²) in [5.74, 6) is 0. The fourth-order valence-corrected chi connectivity index (χ4v) is 2.68. The van der Waals surface area contributed by atoms with E-state index in [-0.39, 0.29) is 6.04 Å². The van der Waals surface area contributed by atoms with Gasteiger partial charge in [-0.05, 0) is 13.3 Å². The van der Waals surface area contributed by atoms with Gasteiger partial charge in [0, 0.05) is 19.5 Å². The van der Waals surface area contributed by atoms with Crippen molar-refractivity contribution < 1.29 is 0 Å². The molecule has 19 heavy (non-hydrogen) atoms. The van der Waals surface area contributed by atoms with Crippen LogP contribution in [0.4, 0.5) is 0 Å². The number of hydrogen-bond acceptors (Lipinski definition) is 2. The molecule has 1 heterocycles. The maximum absolute atomic E-state index is 6.24. The van der Waals surface area contributed by atoms with Crippen LogP contribution in [0.1, 0.15) is 63.3 Å². The van der Waals surface area contributed by atoms with Crippen LogP contribution in [-0.4, -0.2) is 15.8 Å². The van der Waals surface area contributed by atoms with Gasteiger partial charge in [-0.2, -0.15) is 5.10 Å². The van der Waals surface area contributed by atoms with E-state index in [0.717, 1.165) is 29.3 Å². The number of halogens is 1. The molecule has 0 bridgehead atoms. The Hall–Kier alpha value is -0.540. The van der Waals surface area contributed by atoms with Crippen molar-refractivity contribution in [1.82, 2.24) is 9.78 Å². The molecule has 110 valence electrons. The summed E-state index contributed by atoms with van der Waals surface area (Å²) in [5.41, 5.74) is 8.16. The Morgan fingerprint density at radius 3 is 2.42 bits per heavy atom. The van der Waals surface area contributed by atoms with Crippen molar-refractivity contribution in [2.45, 2.75) is 71.3 Å². The van der Waals surface area contributed by atoms with Crippen molar-refractivity contribution in [3.63, 3.8) is 0 Å². The topological polar surface area (TPSA) is 43.8 Å².